The number of nitrogens with two attached hydrogens (primary N) is 2. The van der Waals surface area contributed by atoms with E-state index in [1.54, 1.807) is 6.54 Å². The van der Waals surface area contributed by atoms with Crippen LogP contribution in [0.4, 0.5) is 0 Å². The Balaban J connectivity index is 2.98. The zero-order chi connectivity index (χ0) is 11.4. The van der Waals surface area contributed by atoms with Crippen LogP contribution in [0.1, 0.15) is 71.1 Å². The summed E-state index contributed by atoms with van der Waals surface area (Å²) in [5.74, 6) is 0. The first kappa shape index (κ1) is 14.9. The molecule has 0 saturated carbocycles. The molecule has 0 aromatic carbocycles. The van der Waals surface area contributed by atoms with Gasteiger partial charge in [0.25, 0.3) is 0 Å². The van der Waals surface area contributed by atoms with E-state index in [1.807, 2.05) is 0 Å². The highest BCUT2D eigenvalue weighted by Gasteiger charge is 2.00. The summed E-state index contributed by atoms with van der Waals surface area (Å²) in [5.41, 5.74) is 11.2. The highest BCUT2D eigenvalue weighted by molar-refractivity contribution is 4.67. The Morgan fingerprint density at radius 1 is 0.933 bits per heavy atom. The molecule has 0 fully saturated rings. The van der Waals surface area contributed by atoms with Gasteiger partial charge in [-0.15, -0.1) is 0 Å². The van der Waals surface area contributed by atoms with Crippen LogP contribution in [-0.4, -0.2) is 6.04 Å². The van der Waals surface area contributed by atoms with Gasteiger partial charge < -0.3 is 11.5 Å². The maximum atomic E-state index is 5.85. The maximum absolute atomic E-state index is 5.85. The second-order valence-electron chi connectivity index (χ2n) is 4.50. The SMILES string of the molecule is CCCCCCCCCCC(N)C[CH]N. The molecule has 0 aliphatic carbocycles. The zero-order valence-corrected chi connectivity index (χ0v) is 10.4. The Bertz CT molecular complexity index is 115. The fraction of sp³-hybridized carbons (Fsp3) is 0.923. The second-order valence-corrected chi connectivity index (χ2v) is 4.50. The van der Waals surface area contributed by atoms with Crippen molar-refractivity contribution >= 4 is 0 Å². The lowest BCUT2D eigenvalue weighted by Gasteiger charge is -2.09. The van der Waals surface area contributed by atoms with Crippen LogP contribution in [0.3, 0.4) is 0 Å². The molecule has 0 amide bonds. The number of hydrogen-bond acceptors (Lipinski definition) is 2. The fourth-order valence-corrected chi connectivity index (χ4v) is 1.83. The van der Waals surface area contributed by atoms with Crippen molar-refractivity contribution in [3.63, 3.8) is 0 Å². The molecular weight excluding hydrogens is 184 g/mol. The van der Waals surface area contributed by atoms with Crippen molar-refractivity contribution in [2.45, 2.75) is 77.2 Å². The minimum absolute atomic E-state index is 0.287. The molecule has 15 heavy (non-hydrogen) atoms. The molecule has 0 aromatic heterocycles. The molecule has 0 heterocycles. The van der Waals surface area contributed by atoms with Crippen LogP contribution >= 0.6 is 0 Å². The lowest BCUT2D eigenvalue weighted by atomic mass is 10.0. The molecule has 1 radical (unpaired) electrons. The Labute approximate surface area is 95.8 Å². The van der Waals surface area contributed by atoms with E-state index in [0.29, 0.717) is 0 Å². The third-order valence-electron chi connectivity index (χ3n) is 2.87. The summed E-state index contributed by atoms with van der Waals surface area (Å²) in [7, 11) is 0. The molecule has 4 N–H and O–H groups in total. The molecule has 0 aliphatic heterocycles. The van der Waals surface area contributed by atoms with E-state index in [4.69, 9.17) is 11.5 Å². The van der Waals surface area contributed by atoms with Crippen LogP contribution in [0.5, 0.6) is 0 Å². The summed E-state index contributed by atoms with van der Waals surface area (Å²) in [5, 5.41) is 0. The standard InChI is InChI=1S/C13H29N2/c1-2-3-4-5-6-7-8-9-10-13(15)11-12-14/h12-13H,2-11,14-15H2,1H3. The first-order valence-electron chi connectivity index (χ1n) is 6.60. The van der Waals surface area contributed by atoms with Gasteiger partial charge in [0.05, 0.1) is 0 Å². The smallest absolute Gasteiger partial charge is 0.0207 e. The van der Waals surface area contributed by atoms with Crippen molar-refractivity contribution in [3.05, 3.63) is 6.54 Å². The summed E-state index contributed by atoms with van der Waals surface area (Å²) in [6, 6.07) is 0.287. The predicted octanol–water partition coefficient (Wildman–Crippen LogP) is 3.36. The first-order valence-corrected chi connectivity index (χ1v) is 6.60. The van der Waals surface area contributed by atoms with E-state index in [2.05, 4.69) is 6.92 Å². The Kier molecular flexibility index (Phi) is 11.9. The van der Waals surface area contributed by atoms with Crippen LogP contribution in [0.25, 0.3) is 0 Å². The van der Waals surface area contributed by atoms with Gasteiger partial charge in [0, 0.05) is 12.6 Å². The lowest BCUT2D eigenvalue weighted by molar-refractivity contribution is 0.522. The molecule has 91 valence electrons. The number of unbranched alkanes of at least 4 members (excludes halogenated alkanes) is 7. The van der Waals surface area contributed by atoms with E-state index in [9.17, 15) is 0 Å². The van der Waals surface area contributed by atoms with Gasteiger partial charge >= 0.3 is 0 Å². The minimum atomic E-state index is 0.287. The molecule has 0 spiro atoms. The van der Waals surface area contributed by atoms with Crippen molar-refractivity contribution < 1.29 is 0 Å². The molecule has 1 atom stereocenters. The largest absolute Gasteiger partial charge is 0.328 e. The molecule has 2 nitrogen and oxygen atoms in total. The van der Waals surface area contributed by atoms with Crippen LogP contribution in [0, 0.1) is 6.54 Å². The van der Waals surface area contributed by atoms with Gasteiger partial charge in [0.15, 0.2) is 0 Å². The summed E-state index contributed by atoms with van der Waals surface area (Å²) in [6.45, 7) is 3.94. The van der Waals surface area contributed by atoms with Crippen molar-refractivity contribution in [2.75, 3.05) is 0 Å². The van der Waals surface area contributed by atoms with E-state index >= 15 is 0 Å². The first-order chi connectivity index (χ1) is 7.31. The van der Waals surface area contributed by atoms with E-state index in [-0.39, 0.29) is 6.04 Å². The summed E-state index contributed by atoms with van der Waals surface area (Å²) < 4.78 is 0. The quantitative estimate of drug-likeness (QED) is 0.517. The average molecular weight is 213 g/mol. The Morgan fingerprint density at radius 3 is 2.00 bits per heavy atom. The normalized spacial score (nSPS) is 13.0. The molecular formula is C13H29N2. The predicted molar refractivity (Wildman–Crippen MR) is 68.3 cm³/mol. The highest BCUT2D eigenvalue weighted by atomic mass is 14.6. The number of hydrogen-bond donors (Lipinski definition) is 2. The van der Waals surface area contributed by atoms with Crippen molar-refractivity contribution in [1.29, 1.82) is 0 Å². The van der Waals surface area contributed by atoms with Crippen LogP contribution in [-0.2, 0) is 0 Å². The second kappa shape index (κ2) is 12.0. The van der Waals surface area contributed by atoms with Crippen molar-refractivity contribution in [1.82, 2.24) is 0 Å². The molecule has 0 rings (SSSR count). The van der Waals surface area contributed by atoms with Gasteiger partial charge in [0.2, 0.25) is 0 Å². The van der Waals surface area contributed by atoms with E-state index < -0.39 is 0 Å². The van der Waals surface area contributed by atoms with Gasteiger partial charge in [-0.2, -0.15) is 0 Å². The highest BCUT2D eigenvalue weighted by Crippen LogP contribution is 2.10. The van der Waals surface area contributed by atoms with Crippen LogP contribution in [0.15, 0.2) is 0 Å². The van der Waals surface area contributed by atoms with Gasteiger partial charge in [0.1, 0.15) is 0 Å². The topological polar surface area (TPSA) is 52.0 Å². The van der Waals surface area contributed by atoms with Gasteiger partial charge in [-0.1, -0.05) is 58.3 Å². The Hall–Kier alpha value is -0.0800. The van der Waals surface area contributed by atoms with Crippen molar-refractivity contribution in [3.8, 4) is 0 Å². The fourth-order valence-electron chi connectivity index (χ4n) is 1.83. The molecule has 0 aromatic rings. The number of rotatable bonds is 11. The third kappa shape index (κ3) is 11.8. The summed E-state index contributed by atoms with van der Waals surface area (Å²) in [4.78, 5) is 0. The molecule has 2 heteroatoms. The van der Waals surface area contributed by atoms with Crippen LogP contribution in [0.2, 0.25) is 0 Å². The summed E-state index contributed by atoms with van der Waals surface area (Å²) >= 11 is 0. The lowest BCUT2D eigenvalue weighted by Crippen LogP contribution is -2.21. The van der Waals surface area contributed by atoms with Gasteiger partial charge in [-0.05, 0) is 12.8 Å². The van der Waals surface area contributed by atoms with Crippen LogP contribution < -0.4 is 11.5 Å². The van der Waals surface area contributed by atoms with Gasteiger partial charge in [-0.25, -0.2) is 0 Å². The molecule has 0 saturated heterocycles. The maximum Gasteiger partial charge on any atom is 0.0207 e. The van der Waals surface area contributed by atoms with E-state index in [0.717, 1.165) is 12.8 Å². The third-order valence-corrected chi connectivity index (χ3v) is 2.87. The molecule has 1 unspecified atom stereocenters. The summed E-state index contributed by atoms with van der Waals surface area (Å²) in [6.07, 6.45) is 12.9. The molecule has 0 bridgehead atoms. The van der Waals surface area contributed by atoms with Gasteiger partial charge in [-0.3, -0.25) is 0 Å². The average Bonchev–Trinajstić information content (AvgIpc) is 2.22. The molecule has 0 aliphatic rings. The Morgan fingerprint density at radius 2 is 1.47 bits per heavy atom. The minimum Gasteiger partial charge on any atom is -0.328 e. The zero-order valence-electron chi connectivity index (χ0n) is 10.4. The van der Waals surface area contributed by atoms with E-state index in [1.165, 1.54) is 51.4 Å². The monoisotopic (exact) mass is 213 g/mol. The van der Waals surface area contributed by atoms with Crippen molar-refractivity contribution in [2.24, 2.45) is 11.5 Å².